The molecule has 0 heterocycles. The van der Waals surface area contributed by atoms with E-state index in [1.54, 1.807) is 6.07 Å². The number of nitrogens with one attached hydrogen (secondary N) is 1. The molecule has 0 bridgehead atoms. The Bertz CT molecular complexity index is 495. The Labute approximate surface area is 115 Å². The zero-order valence-electron chi connectivity index (χ0n) is 11.0. The second-order valence-corrected chi connectivity index (χ2v) is 5.17. The highest BCUT2D eigenvalue weighted by atomic mass is 19.4. The number of hydrogen-bond acceptors (Lipinski definition) is 2. The van der Waals surface area contributed by atoms with Gasteiger partial charge in [0.25, 0.3) is 0 Å². The predicted molar refractivity (Wildman–Crippen MR) is 69.0 cm³/mol. The summed E-state index contributed by atoms with van der Waals surface area (Å²) in [4.78, 5) is 11.4. The van der Waals surface area contributed by atoms with E-state index in [1.807, 2.05) is 0 Å². The first-order valence-corrected chi connectivity index (χ1v) is 6.52. The lowest BCUT2D eigenvalue weighted by Gasteiger charge is -2.18. The quantitative estimate of drug-likeness (QED) is 0.872. The highest BCUT2D eigenvalue weighted by Crippen LogP contribution is 2.48. The molecule has 0 radical (unpaired) electrons. The van der Waals surface area contributed by atoms with Crippen molar-refractivity contribution in [2.24, 2.45) is 5.73 Å². The Morgan fingerprint density at radius 3 is 2.60 bits per heavy atom. The summed E-state index contributed by atoms with van der Waals surface area (Å²) in [5.41, 5.74) is 4.93. The Hall–Kier alpha value is -1.56. The number of benzene rings is 1. The van der Waals surface area contributed by atoms with Gasteiger partial charge in [0.2, 0.25) is 5.91 Å². The van der Waals surface area contributed by atoms with Crippen molar-refractivity contribution in [3.63, 3.8) is 0 Å². The van der Waals surface area contributed by atoms with Crippen LogP contribution in [0.15, 0.2) is 24.3 Å². The molecule has 2 rings (SSSR count). The summed E-state index contributed by atoms with van der Waals surface area (Å²) < 4.78 is 38.1. The van der Waals surface area contributed by atoms with Crippen molar-refractivity contribution in [2.75, 3.05) is 13.1 Å². The summed E-state index contributed by atoms with van der Waals surface area (Å²) in [7, 11) is 0. The number of hydrogen-bond donors (Lipinski definition) is 2. The van der Waals surface area contributed by atoms with Gasteiger partial charge in [-0.25, -0.2) is 0 Å². The summed E-state index contributed by atoms with van der Waals surface area (Å²) in [6.07, 6.45) is -2.53. The van der Waals surface area contributed by atoms with Crippen LogP contribution in [0.25, 0.3) is 0 Å². The number of carbonyl (C=O) groups is 1. The number of halogens is 3. The van der Waals surface area contributed by atoms with Crippen LogP contribution in [-0.4, -0.2) is 19.0 Å². The molecular weight excluding hydrogens is 269 g/mol. The maximum Gasteiger partial charge on any atom is 0.416 e. The van der Waals surface area contributed by atoms with Crippen LogP contribution in [0.3, 0.4) is 0 Å². The molecule has 1 saturated carbocycles. The van der Waals surface area contributed by atoms with E-state index in [-0.39, 0.29) is 24.3 Å². The fourth-order valence-corrected chi connectivity index (χ4v) is 2.23. The molecule has 1 aromatic carbocycles. The lowest BCUT2D eigenvalue weighted by atomic mass is 9.94. The SMILES string of the molecule is NCCC(=O)NCC1(c2cccc(C(F)(F)F)c2)CC1. The van der Waals surface area contributed by atoms with Gasteiger partial charge in [-0.05, 0) is 24.5 Å². The van der Waals surface area contributed by atoms with Crippen LogP contribution in [0.5, 0.6) is 0 Å². The van der Waals surface area contributed by atoms with E-state index < -0.39 is 11.7 Å². The number of amides is 1. The number of nitrogens with two attached hydrogens (primary N) is 1. The van der Waals surface area contributed by atoms with Gasteiger partial charge in [0.05, 0.1) is 5.56 Å². The van der Waals surface area contributed by atoms with Crippen LogP contribution >= 0.6 is 0 Å². The van der Waals surface area contributed by atoms with Gasteiger partial charge < -0.3 is 11.1 Å². The molecule has 0 aromatic heterocycles. The molecule has 20 heavy (non-hydrogen) atoms. The van der Waals surface area contributed by atoms with Crippen LogP contribution in [0, 0.1) is 0 Å². The monoisotopic (exact) mass is 286 g/mol. The third-order valence-corrected chi connectivity index (χ3v) is 3.65. The van der Waals surface area contributed by atoms with Gasteiger partial charge in [-0.1, -0.05) is 18.2 Å². The minimum absolute atomic E-state index is 0.161. The van der Waals surface area contributed by atoms with Crippen LogP contribution in [-0.2, 0) is 16.4 Å². The van der Waals surface area contributed by atoms with E-state index in [0.717, 1.165) is 18.9 Å². The Morgan fingerprint density at radius 1 is 1.35 bits per heavy atom. The molecule has 0 saturated heterocycles. The lowest BCUT2D eigenvalue weighted by molar-refractivity contribution is -0.137. The van der Waals surface area contributed by atoms with Crippen molar-refractivity contribution < 1.29 is 18.0 Å². The van der Waals surface area contributed by atoms with Crippen LogP contribution in [0.2, 0.25) is 0 Å². The minimum atomic E-state index is -4.34. The molecular formula is C14H17F3N2O. The normalized spacial score (nSPS) is 16.8. The second kappa shape index (κ2) is 5.44. The molecule has 0 spiro atoms. The number of carbonyl (C=O) groups excluding carboxylic acids is 1. The van der Waals surface area contributed by atoms with Gasteiger partial charge in [-0.2, -0.15) is 13.2 Å². The predicted octanol–water partition coefficient (Wildman–Crippen LogP) is 2.20. The Balaban J connectivity index is 2.09. The largest absolute Gasteiger partial charge is 0.416 e. The average Bonchev–Trinajstić information content (AvgIpc) is 3.17. The summed E-state index contributed by atoms with van der Waals surface area (Å²) in [6, 6.07) is 5.35. The zero-order chi connectivity index (χ0) is 14.8. The van der Waals surface area contributed by atoms with E-state index in [2.05, 4.69) is 5.32 Å². The maximum absolute atomic E-state index is 12.7. The smallest absolute Gasteiger partial charge is 0.355 e. The highest BCUT2D eigenvalue weighted by Gasteiger charge is 2.45. The standard InChI is InChI=1S/C14H17F3N2O/c15-14(16,17)11-3-1-2-10(8-11)13(5-6-13)9-19-12(20)4-7-18/h1-3,8H,4-7,9,18H2,(H,19,20). The van der Waals surface area contributed by atoms with E-state index in [0.29, 0.717) is 12.1 Å². The van der Waals surface area contributed by atoms with Gasteiger partial charge in [-0.3, -0.25) is 4.79 Å². The molecule has 1 aliphatic rings. The van der Waals surface area contributed by atoms with Gasteiger partial charge in [0.1, 0.15) is 0 Å². The molecule has 1 aliphatic carbocycles. The van der Waals surface area contributed by atoms with Crippen molar-refractivity contribution >= 4 is 5.91 Å². The van der Waals surface area contributed by atoms with Gasteiger partial charge >= 0.3 is 6.18 Å². The van der Waals surface area contributed by atoms with Crippen molar-refractivity contribution in [2.45, 2.75) is 30.9 Å². The third-order valence-electron chi connectivity index (χ3n) is 3.65. The van der Waals surface area contributed by atoms with Crippen molar-refractivity contribution in [3.8, 4) is 0 Å². The molecule has 3 N–H and O–H groups in total. The first kappa shape index (κ1) is 14.8. The van der Waals surface area contributed by atoms with E-state index in [1.165, 1.54) is 12.1 Å². The van der Waals surface area contributed by atoms with Crippen molar-refractivity contribution in [3.05, 3.63) is 35.4 Å². The summed E-state index contributed by atoms with van der Waals surface area (Å²) in [5, 5.41) is 2.74. The molecule has 0 atom stereocenters. The van der Waals surface area contributed by atoms with Gasteiger partial charge in [-0.15, -0.1) is 0 Å². The van der Waals surface area contributed by atoms with E-state index in [9.17, 15) is 18.0 Å². The van der Waals surface area contributed by atoms with Gasteiger partial charge in [0, 0.05) is 24.9 Å². The van der Waals surface area contributed by atoms with Gasteiger partial charge in [0.15, 0.2) is 0 Å². The van der Waals surface area contributed by atoms with Crippen LogP contribution < -0.4 is 11.1 Å². The molecule has 1 amide bonds. The Morgan fingerprint density at radius 2 is 2.05 bits per heavy atom. The van der Waals surface area contributed by atoms with E-state index in [4.69, 9.17) is 5.73 Å². The highest BCUT2D eigenvalue weighted by molar-refractivity contribution is 5.76. The fourth-order valence-electron chi connectivity index (χ4n) is 2.23. The number of alkyl halides is 3. The van der Waals surface area contributed by atoms with Crippen molar-refractivity contribution in [1.29, 1.82) is 0 Å². The first-order chi connectivity index (χ1) is 9.37. The maximum atomic E-state index is 12.7. The third kappa shape index (κ3) is 3.30. The topological polar surface area (TPSA) is 55.1 Å². The summed E-state index contributed by atoms with van der Waals surface area (Å²) >= 11 is 0. The van der Waals surface area contributed by atoms with E-state index >= 15 is 0 Å². The first-order valence-electron chi connectivity index (χ1n) is 6.52. The fraction of sp³-hybridized carbons (Fsp3) is 0.500. The molecule has 0 aliphatic heterocycles. The van der Waals surface area contributed by atoms with Crippen LogP contribution in [0.1, 0.15) is 30.4 Å². The number of rotatable bonds is 5. The minimum Gasteiger partial charge on any atom is -0.355 e. The Kier molecular flexibility index (Phi) is 4.04. The summed E-state index contributed by atoms with van der Waals surface area (Å²) in [6.45, 7) is 0.634. The molecule has 6 heteroatoms. The van der Waals surface area contributed by atoms with Crippen LogP contribution in [0.4, 0.5) is 13.2 Å². The molecule has 1 fully saturated rings. The molecule has 0 unspecified atom stereocenters. The second-order valence-electron chi connectivity index (χ2n) is 5.17. The lowest BCUT2D eigenvalue weighted by Crippen LogP contribution is -2.33. The van der Waals surface area contributed by atoms with Crippen molar-refractivity contribution in [1.82, 2.24) is 5.32 Å². The molecule has 3 nitrogen and oxygen atoms in total. The zero-order valence-corrected chi connectivity index (χ0v) is 11.0. The average molecular weight is 286 g/mol. The molecule has 1 aromatic rings. The molecule has 110 valence electrons. The summed E-state index contributed by atoms with van der Waals surface area (Å²) in [5.74, 6) is -0.161.